The Morgan fingerprint density at radius 1 is 1.33 bits per heavy atom. The lowest BCUT2D eigenvalue weighted by Crippen LogP contribution is -2.50. The van der Waals surface area contributed by atoms with Crippen LogP contribution in [0.4, 0.5) is 0 Å². The third-order valence-corrected chi connectivity index (χ3v) is 2.35. The van der Waals surface area contributed by atoms with Crippen LogP contribution in [0.15, 0.2) is 30.3 Å². The van der Waals surface area contributed by atoms with Crippen molar-refractivity contribution in [1.29, 1.82) is 0 Å². The van der Waals surface area contributed by atoms with Gasteiger partial charge in [0.1, 0.15) is 0 Å². The normalized spacial score (nSPS) is 11.4. The summed E-state index contributed by atoms with van der Waals surface area (Å²) in [5.74, 6) is -1.29. The molecular weight excluding hydrogens is 235 g/mol. The van der Waals surface area contributed by atoms with E-state index < -0.39 is 19.0 Å². The molecule has 0 spiro atoms. The number of carbonyl (C=O) groups is 2. The first-order valence-corrected chi connectivity index (χ1v) is 5.50. The lowest BCUT2D eigenvalue weighted by Gasteiger charge is -2.17. The standard InChI is InChI=1S/C11H15BN2O4/c15-8-13-7-11(16)14-10(12(17)18)6-9-4-2-1-3-5-9/h1-5,8,10,17-18H,6-7H2,(H,13,15)(H,14,16). The number of rotatable bonds is 7. The van der Waals surface area contributed by atoms with Crippen LogP contribution in [-0.4, -0.2) is 42.0 Å². The summed E-state index contributed by atoms with van der Waals surface area (Å²) in [4.78, 5) is 21.4. The van der Waals surface area contributed by atoms with Crippen molar-refractivity contribution in [3.05, 3.63) is 35.9 Å². The molecule has 0 radical (unpaired) electrons. The van der Waals surface area contributed by atoms with Crippen LogP contribution in [0.25, 0.3) is 0 Å². The average molecular weight is 250 g/mol. The fraction of sp³-hybridized carbons (Fsp3) is 0.273. The molecule has 0 aliphatic rings. The number of hydrogen-bond acceptors (Lipinski definition) is 4. The van der Waals surface area contributed by atoms with Gasteiger partial charge in [0.25, 0.3) is 0 Å². The van der Waals surface area contributed by atoms with Crippen molar-refractivity contribution in [3.8, 4) is 0 Å². The Hall–Kier alpha value is -1.86. The highest BCUT2D eigenvalue weighted by Gasteiger charge is 2.25. The molecule has 0 aliphatic carbocycles. The van der Waals surface area contributed by atoms with E-state index in [1.54, 1.807) is 0 Å². The minimum atomic E-state index is -1.66. The zero-order valence-corrected chi connectivity index (χ0v) is 9.74. The lowest BCUT2D eigenvalue weighted by atomic mass is 9.76. The molecule has 0 bridgehead atoms. The van der Waals surface area contributed by atoms with Crippen molar-refractivity contribution in [2.45, 2.75) is 12.4 Å². The fourth-order valence-corrected chi connectivity index (χ4v) is 1.49. The smallest absolute Gasteiger partial charge is 0.426 e. The number of benzene rings is 1. The second kappa shape index (κ2) is 7.47. The Morgan fingerprint density at radius 3 is 2.56 bits per heavy atom. The van der Waals surface area contributed by atoms with Crippen molar-refractivity contribution >= 4 is 19.4 Å². The Bertz CT molecular complexity index is 386. The van der Waals surface area contributed by atoms with Gasteiger partial charge in [0.15, 0.2) is 0 Å². The first kappa shape index (κ1) is 14.2. The number of hydrogen-bond donors (Lipinski definition) is 4. The maximum absolute atomic E-state index is 11.4. The van der Waals surface area contributed by atoms with Gasteiger partial charge in [0.05, 0.1) is 12.5 Å². The number of carbonyl (C=O) groups excluding carboxylic acids is 2. The van der Waals surface area contributed by atoms with E-state index in [1.165, 1.54) is 0 Å². The van der Waals surface area contributed by atoms with Crippen LogP contribution in [0.1, 0.15) is 5.56 Å². The van der Waals surface area contributed by atoms with Crippen molar-refractivity contribution in [2.75, 3.05) is 6.54 Å². The van der Waals surface area contributed by atoms with E-state index >= 15 is 0 Å². The van der Waals surface area contributed by atoms with Gasteiger partial charge >= 0.3 is 7.12 Å². The highest BCUT2D eigenvalue weighted by molar-refractivity contribution is 6.43. The molecule has 2 amide bonds. The zero-order valence-electron chi connectivity index (χ0n) is 9.74. The lowest BCUT2D eigenvalue weighted by molar-refractivity contribution is -0.122. The molecule has 0 saturated heterocycles. The van der Waals surface area contributed by atoms with E-state index in [0.29, 0.717) is 12.8 Å². The summed E-state index contributed by atoms with van der Waals surface area (Å²) < 4.78 is 0. The van der Waals surface area contributed by atoms with E-state index in [2.05, 4.69) is 10.6 Å². The Morgan fingerprint density at radius 2 is 2.00 bits per heavy atom. The zero-order chi connectivity index (χ0) is 13.4. The summed E-state index contributed by atoms with van der Waals surface area (Å²) in [6, 6.07) is 9.15. The Labute approximate surface area is 105 Å². The second-order valence-corrected chi connectivity index (χ2v) is 3.78. The summed E-state index contributed by atoms with van der Waals surface area (Å²) in [5, 5.41) is 23.0. The van der Waals surface area contributed by atoms with Gasteiger partial charge in [-0.1, -0.05) is 30.3 Å². The van der Waals surface area contributed by atoms with Gasteiger partial charge in [-0.3, -0.25) is 9.59 Å². The summed E-state index contributed by atoms with van der Waals surface area (Å²) >= 11 is 0. The molecule has 1 unspecified atom stereocenters. The molecule has 1 atom stereocenters. The maximum Gasteiger partial charge on any atom is 0.475 e. The molecule has 7 heteroatoms. The quantitative estimate of drug-likeness (QED) is 0.348. The van der Waals surface area contributed by atoms with Crippen LogP contribution in [0.5, 0.6) is 0 Å². The Balaban J connectivity index is 2.55. The predicted octanol–water partition coefficient (Wildman–Crippen LogP) is -1.53. The first-order chi connectivity index (χ1) is 8.63. The molecule has 18 heavy (non-hydrogen) atoms. The number of nitrogens with one attached hydrogen (secondary N) is 2. The molecule has 1 aromatic carbocycles. The van der Waals surface area contributed by atoms with Crippen LogP contribution >= 0.6 is 0 Å². The van der Waals surface area contributed by atoms with Crippen LogP contribution in [0, 0.1) is 0 Å². The minimum absolute atomic E-state index is 0.193. The minimum Gasteiger partial charge on any atom is -0.426 e. The van der Waals surface area contributed by atoms with Crippen LogP contribution in [-0.2, 0) is 16.0 Å². The van der Waals surface area contributed by atoms with E-state index in [1.807, 2.05) is 30.3 Å². The largest absolute Gasteiger partial charge is 0.475 e. The van der Waals surface area contributed by atoms with Gasteiger partial charge in [-0.2, -0.15) is 0 Å². The molecule has 0 aromatic heterocycles. The maximum atomic E-state index is 11.4. The van der Waals surface area contributed by atoms with Crippen molar-refractivity contribution < 1.29 is 19.6 Å². The van der Waals surface area contributed by atoms with Crippen molar-refractivity contribution in [2.24, 2.45) is 0 Å². The van der Waals surface area contributed by atoms with E-state index in [-0.39, 0.29) is 6.54 Å². The highest BCUT2D eigenvalue weighted by Crippen LogP contribution is 2.03. The van der Waals surface area contributed by atoms with Crippen LogP contribution < -0.4 is 10.6 Å². The third kappa shape index (κ3) is 4.98. The summed E-state index contributed by atoms with van der Waals surface area (Å²) in [6.07, 6.45) is 0.701. The van der Waals surface area contributed by atoms with Gasteiger partial charge in [0, 0.05) is 0 Å². The highest BCUT2D eigenvalue weighted by atomic mass is 16.4. The van der Waals surface area contributed by atoms with Gasteiger partial charge < -0.3 is 20.7 Å². The summed E-state index contributed by atoms with van der Waals surface area (Å²) in [7, 11) is -1.66. The van der Waals surface area contributed by atoms with Crippen molar-refractivity contribution in [3.63, 3.8) is 0 Å². The van der Waals surface area contributed by atoms with Crippen molar-refractivity contribution in [1.82, 2.24) is 10.6 Å². The molecule has 6 nitrogen and oxygen atoms in total. The van der Waals surface area contributed by atoms with Crippen LogP contribution in [0.2, 0.25) is 0 Å². The van der Waals surface area contributed by atoms with E-state index in [9.17, 15) is 19.6 Å². The molecule has 1 rings (SSSR count). The van der Waals surface area contributed by atoms with Gasteiger partial charge in [-0.25, -0.2) is 0 Å². The monoisotopic (exact) mass is 250 g/mol. The molecular formula is C11H15BN2O4. The molecule has 0 aliphatic heterocycles. The SMILES string of the molecule is O=CNCC(=O)NC(Cc1ccccc1)B(O)O. The summed E-state index contributed by atoms with van der Waals surface area (Å²) in [5.41, 5.74) is 0.874. The Kier molecular flexibility index (Phi) is 5.89. The van der Waals surface area contributed by atoms with Crippen LogP contribution in [0.3, 0.4) is 0 Å². The summed E-state index contributed by atoms with van der Waals surface area (Å²) in [6.45, 7) is -0.193. The van der Waals surface area contributed by atoms with E-state index in [0.717, 1.165) is 5.56 Å². The predicted molar refractivity (Wildman–Crippen MR) is 66.3 cm³/mol. The third-order valence-electron chi connectivity index (χ3n) is 2.35. The van der Waals surface area contributed by atoms with Gasteiger partial charge in [-0.05, 0) is 12.0 Å². The second-order valence-electron chi connectivity index (χ2n) is 3.78. The molecule has 96 valence electrons. The molecule has 1 aromatic rings. The molecule has 0 heterocycles. The molecule has 4 N–H and O–H groups in total. The topological polar surface area (TPSA) is 98.7 Å². The van der Waals surface area contributed by atoms with E-state index in [4.69, 9.17) is 0 Å². The number of amides is 2. The van der Waals surface area contributed by atoms with Gasteiger partial charge in [0.2, 0.25) is 12.3 Å². The van der Waals surface area contributed by atoms with Gasteiger partial charge in [-0.15, -0.1) is 0 Å². The molecule has 0 saturated carbocycles. The first-order valence-electron chi connectivity index (χ1n) is 5.50. The fourth-order valence-electron chi connectivity index (χ4n) is 1.49. The average Bonchev–Trinajstić information content (AvgIpc) is 2.36. The molecule has 0 fully saturated rings.